The summed E-state index contributed by atoms with van der Waals surface area (Å²) in [5, 5.41) is 14.8. The van der Waals surface area contributed by atoms with Gasteiger partial charge >= 0.3 is 0 Å². The van der Waals surface area contributed by atoms with E-state index in [2.05, 4.69) is 25.7 Å². The van der Waals surface area contributed by atoms with Gasteiger partial charge in [0.1, 0.15) is 11.6 Å². The van der Waals surface area contributed by atoms with E-state index in [1.54, 1.807) is 7.11 Å². The largest absolute Gasteiger partial charge is 0.377 e. The Morgan fingerprint density at radius 3 is 2.72 bits per heavy atom. The summed E-state index contributed by atoms with van der Waals surface area (Å²) >= 11 is 1.30. The number of methoxy groups -OCH3 is 1. The molecule has 2 N–H and O–H groups in total. The number of nitrogens with one attached hydrogen (secondary N) is 2. The van der Waals surface area contributed by atoms with E-state index in [1.165, 1.54) is 11.3 Å². The van der Waals surface area contributed by atoms with E-state index in [0.29, 0.717) is 35.8 Å². The van der Waals surface area contributed by atoms with E-state index in [-0.39, 0.29) is 18.4 Å². The lowest BCUT2D eigenvalue weighted by Gasteiger charge is -2.21. The van der Waals surface area contributed by atoms with Gasteiger partial charge in [-0.05, 0) is 43.9 Å². The molecule has 1 saturated carbocycles. The van der Waals surface area contributed by atoms with Crippen molar-refractivity contribution in [2.24, 2.45) is 0 Å². The molecule has 29 heavy (non-hydrogen) atoms. The lowest BCUT2D eigenvalue weighted by Crippen LogP contribution is -2.37. The van der Waals surface area contributed by atoms with Crippen molar-refractivity contribution in [3.05, 3.63) is 34.3 Å². The van der Waals surface area contributed by atoms with Crippen molar-refractivity contribution >= 4 is 34.0 Å². The molecule has 8 nitrogen and oxygen atoms in total. The van der Waals surface area contributed by atoms with Gasteiger partial charge in [0.2, 0.25) is 16.9 Å². The van der Waals surface area contributed by atoms with Crippen molar-refractivity contribution in [1.82, 2.24) is 15.1 Å². The summed E-state index contributed by atoms with van der Waals surface area (Å²) in [4.78, 5) is 26.9. The van der Waals surface area contributed by atoms with Crippen LogP contribution in [0.5, 0.6) is 0 Å². The zero-order chi connectivity index (χ0) is 20.8. The molecule has 0 bridgehead atoms. The van der Waals surface area contributed by atoms with Gasteiger partial charge in [-0.2, -0.15) is 0 Å². The number of amides is 2. The molecule has 1 aromatic heterocycles. The maximum Gasteiger partial charge on any atom is 0.238 e. The van der Waals surface area contributed by atoms with Crippen LogP contribution < -0.4 is 10.6 Å². The van der Waals surface area contributed by atoms with Crippen LogP contribution in [0, 0.1) is 13.8 Å². The Hall–Kier alpha value is -2.36. The molecule has 0 spiro atoms. The summed E-state index contributed by atoms with van der Waals surface area (Å²) in [5.74, 6) is -0.190. The van der Waals surface area contributed by atoms with Crippen LogP contribution in [0.1, 0.15) is 35.4 Å². The van der Waals surface area contributed by atoms with Crippen molar-refractivity contribution in [3.63, 3.8) is 0 Å². The van der Waals surface area contributed by atoms with Gasteiger partial charge in [0.05, 0.1) is 6.54 Å². The molecule has 3 rings (SSSR count). The molecule has 156 valence electrons. The van der Waals surface area contributed by atoms with Crippen molar-refractivity contribution in [3.8, 4) is 0 Å². The smallest absolute Gasteiger partial charge is 0.238 e. The monoisotopic (exact) mass is 417 g/mol. The molecule has 0 saturated heterocycles. The molecule has 2 aromatic rings. The summed E-state index contributed by atoms with van der Waals surface area (Å²) in [6, 6.07) is 6.37. The number of carbonyl (C=O) groups excluding carboxylic acids is 2. The van der Waals surface area contributed by atoms with Crippen LogP contribution in [0.4, 0.5) is 10.8 Å². The number of ether oxygens (including phenoxy) is 1. The van der Waals surface area contributed by atoms with Gasteiger partial charge in [-0.15, -0.1) is 10.2 Å². The summed E-state index contributed by atoms with van der Waals surface area (Å²) in [5.41, 5.74) is 2.98. The highest BCUT2D eigenvalue weighted by Gasteiger charge is 2.30. The van der Waals surface area contributed by atoms with Gasteiger partial charge in [0, 0.05) is 31.8 Å². The molecular formula is C20H27N5O3S. The third-order valence-corrected chi connectivity index (χ3v) is 5.50. The number of aromatic nitrogens is 2. The molecule has 1 fully saturated rings. The quantitative estimate of drug-likeness (QED) is 0.617. The van der Waals surface area contributed by atoms with Gasteiger partial charge in [0.15, 0.2) is 0 Å². The van der Waals surface area contributed by atoms with Crippen LogP contribution in [0.15, 0.2) is 18.2 Å². The number of hydrogen-bond donors (Lipinski definition) is 2. The van der Waals surface area contributed by atoms with Gasteiger partial charge < -0.3 is 15.4 Å². The Morgan fingerprint density at radius 2 is 2.00 bits per heavy atom. The first kappa shape index (κ1) is 21.4. The average molecular weight is 418 g/mol. The van der Waals surface area contributed by atoms with Crippen molar-refractivity contribution in [2.45, 2.75) is 45.8 Å². The summed E-state index contributed by atoms with van der Waals surface area (Å²) < 4.78 is 5.00. The lowest BCUT2D eigenvalue weighted by molar-refractivity contribution is -0.119. The second-order valence-electron chi connectivity index (χ2n) is 7.30. The predicted octanol–water partition coefficient (Wildman–Crippen LogP) is 2.73. The molecule has 1 heterocycles. The molecule has 1 aliphatic rings. The SMILES string of the molecule is COCc1nnc(NC(=O)CCN(CC(=O)Nc2cc(C)ccc2C)C2CC2)s1. The van der Waals surface area contributed by atoms with E-state index < -0.39 is 0 Å². The van der Waals surface area contributed by atoms with Gasteiger partial charge in [-0.3, -0.25) is 14.5 Å². The van der Waals surface area contributed by atoms with Crippen LogP contribution >= 0.6 is 11.3 Å². The van der Waals surface area contributed by atoms with Crippen LogP contribution in [0.2, 0.25) is 0 Å². The number of benzene rings is 1. The fraction of sp³-hybridized carbons (Fsp3) is 0.500. The Balaban J connectivity index is 1.48. The zero-order valence-corrected chi connectivity index (χ0v) is 17.8. The van der Waals surface area contributed by atoms with Crippen LogP contribution in [-0.4, -0.2) is 53.2 Å². The molecule has 0 atom stereocenters. The van der Waals surface area contributed by atoms with E-state index in [4.69, 9.17) is 4.74 Å². The molecule has 9 heteroatoms. The number of carbonyl (C=O) groups is 2. The van der Waals surface area contributed by atoms with E-state index in [0.717, 1.165) is 29.7 Å². The fourth-order valence-corrected chi connectivity index (χ4v) is 3.72. The fourth-order valence-electron chi connectivity index (χ4n) is 2.99. The van der Waals surface area contributed by atoms with Crippen molar-refractivity contribution < 1.29 is 14.3 Å². The third kappa shape index (κ3) is 6.59. The topological polar surface area (TPSA) is 96.5 Å². The first-order valence-corrected chi connectivity index (χ1v) is 10.5. The summed E-state index contributed by atoms with van der Waals surface area (Å²) in [6.07, 6.45) is 2.43. The lowest BCUT2D eigenvalue weighted by atomic mass is 10.1. The standard InChI is InChI=1S/C20H27N5O3S/c1-13-4-5-14(2)16(10-13)21-18(27)11-25(15-6-7-15)9-8-17(26)22-20-24-23-19(29-20)12-28-3/h4-5,10,15H,6-9,11-12H2,1-3H3,(H,21,27)(H,22,24,26). The number of nitrogens with zero attached hydrogens (tertiary/aromatic N) is 3. The number of hydrogen-bond acceptors (Lipinski definition) is 7. The molecular weight excluding hydrogens is 390 g/mol. The van der Waals surface area contributed by atoms with Crippen molar-refractivity contribution in [2.75, 3.05) is 30.8 Å². The summed E-state index contributed by atoms with van der Waals surface area (Å²) in [6.45, 7) is 5.16. The van der Waals surface area contributed by atoms with Crippen molar-refractivity contribution in [1.29, 1.82) is 0 Å². The Morgan fingerprint density at radius 1 is 1.21 bits per heavy atom. The normalized spacial score (nSPS) is 13.5. The number of aryl methyl sites for hydroxylation is 2. The molecule has 1 aromatic carbocycles. The average Bonchev–Trinajstić information content (AvgIpc) is 3.43. The second kappa shape index (κ2) is 9.91. The highest BCUT2D eigenvalue weighted by Crippen LogP contribution is 2.27. The minimum Gasteiger partial charge on any atom is -0.377 e. The second-order valence-corrected chi connectivity index (χ2v) is 8.36. The molecule has 0 unspecified atom stereocenters. The first-order valence-electron chi connectivity index (χ1n) is 9.67. The Labute approximate surface area is 174 Å². The Kier molecular flexibility index (Phi) is 7.29. The number of rotatable bonds is 10. The highest BCUT2D eigenvalue weighted by atomic mass is 32.1. The summed E-state index contributed by atoms with van der Waals surface area (Å²) in [7, 11) is 1.59. The predicted molar refractivity (Wildman–Crippen MR) is 113 cm³/mol. The molecule has 0 radical (unpaired) electrons. The minimum atomic E-state index is -0.134. The van der Waals surface area contributed by atoms with Crippen LogP contribution in [-0.2, 0) is 20.9 Å². The maximum atomic E-state index is 12.5. The molecule has 2 amide bonds. The van der Waals surface area contributed by atoms with Crippen LogP contribution in [0.3, 0.4) is 0 Å². The molecule has 1 aliphatic carbocycles. The number of anilines is 2. The maximum absolute atomic E-state index is 12.5. The Bertz CT molecular complexity index is 866. The molecule has 0 aliphatic heterocycles. The van der Waals surface area contributed by atoms with E-state index in [9.17, 15) is 9.59 Å². The van der Waals surface area contributed by atoms with Gasteiger partial charge in [-0.1, -0.05) is 23.5 Å². The van der Waals surface area contributed by atoms with Crippen LogP contribution in [0.25, 0.3) is 0 Å². The van der Waals surface area contributed by atoms with Gasteiger partial charge in [0.25, 0.3) is 0 Å². The minimum absolute atomic E-state index is 0.0562. The zero-order valence-electron chi connectivity index (χ0n) is 17.0. The van der Waals surface area contributed by atoms with E-state index >= 15 is 0 Å². The third-order valence-electron chi connectivity index (χ3n) is 4.68. The van der Waals surface area contributed by atoms with Gasteiger partial charge in [-0.25, -0.2) is 0 Å². The first-order chi connectivity index (χ1) is 13.9. The van der Waals surface area contributed by atoms with E-state index in [1.807, 2.05) is 32.0 Å². The highest BCUT2D eigenvalue weighted by molar-refractivity contribution is 7.15.